The van der Waals surface area contributed by atoms with Gasteiger partial charge in [-0.2, -0.15) is 0 Å². The molecule has 29 heavy (non-hydrogen) atoms. The highest BCUT2D eigenvalue weighted by molar-refractivity contribution is 6.04. The maximum atomic E-state index is 12.8. The Morgan fingerprint density at radius 1 is 0.931 bits per heavy atom. The highest BCUT2D eigenvalue weighted by Gasteiger charge is 2.46. The quantitative estimate of drug-likeness (QED) is 0.512. The van der Waals surface area contributed by atoms with Gasteiger partial charge in [0.25, 0.3) is 5.91 Å². The minimum absolute atomic E-state index is 0.0398. The number of carbonyl (C=O) groups excluding carboxylic acids is 2. The third-order valence-electron chi connectivity index (χ3n) is 6.08. The Bertz CT molecular complexity index is 824. The van der Waals surface area contributed by atoms with Gasteiger partial charge >= 0.3 is 6.03 Å². The van der Waals surface area contributed by atoms with E-state index in [1.165, 1.54) is 16.0 Å². The van der Waals surface area contributed by atoms with Crippen LogP contribution < -0.4 is 0 Å². The molecule has 4 rings (SSSR count). The largest absolute Gasteiger partial charge is 0.327 e. The van der Waals surface area contributed by atoms with Gasteiger partial charge in [0.1, 0.15) is 6.04 Å². The summed E-state index contributed by atoms with van der Waals surface area (Å²) in [6.07, 6.45) is 3.98. The number of unbranched alkanes of at least 4 members (excludes halogenated alkanes) is 1. The Balaban J connectivity index is 1.24. The molecule has 5 heteroatoms. The Morgan fingerprint density at radius 2 is 1.66 bits per heavy atom. The van der Waals surface area contributed by atoms with Crippen molar-refractivity contribution in [1.82, 2.24) is 14.7 Å². The molecular formula is C24H29N3O2. The molecule has 0 N–H and O–H groups in total. The number of fused-ring (bicyclic) bond motifs is 2. The van der Waals surface area contributed by atoms with Crippen LogP contribution in [0.15, 0.2) is 54.6 Å². The first-order valence-electron chi connectivity index (χ1n) is 10.5. The first-order valence-corrected chi connectivity index (χ1v) is 10.5. The first-order chi connectivity index (χ1) is 14.1. The SMILES string of the molecule is CN(CCCCc1ccccc1)CCN1C(=O)[C@@H]2Cc3ccccc3CN2C1=O. The standard InChI is InChI=1S/C24H29N3O2/c1-25(14-8-7-11-19-9-3-2-4-10-19)15-16-26-23(28)22-17-20-12-5-6-13-21(20)18-27(22)24(26)29/h2-6,9-10,12-13,22H,7-8,11,14-18H2,1H3/t22-/m0/s1. The van der Waals surface area contributed by atoms with Gasteiger partial charge in [-0.3, -0.25) is 9.69 Å². The van der Waals surface area contributed by atoms with E-state index in [9.17, 15) is 9.59 Å². The molecule has 2 heterocycles. The predicted octanol–water partition coefficient (Wildman–Crippen LogP) is 3.33. The fourth-order valence-electron chi connectivity index (χ4n) is 4.32. The van der Waals surface area contributed by atoms with Gasteiger partial charge in [0.2, 0.25) is 0 Å². The number of hydrogen-bond donors (Lipinski definition) is 0. The van der Waals surface area contributed by atoms with Crippen molar-refractivity contribution in [2.45, 2.75) is 38.3 Å². The van der Waals surface area contributed by atoms with Crippen molar-refractivity contribution in [1.29, 1.82) is 0 Å². The van der Waals surface area contributed by atoms with E-state index >= 15 is 0 Å². The zero-order valence-corrected chi connectivity index (χ0v) is 17.1. The summed E-state index contributed by atoms with van der Waals surface area (Å²) in [7, 11) is 2.07. The lowest BCUT2D eigenvalue weighted by Gasteiger charge is -2.28. The Morgan fingerprint density at radius 3 is 2.45 bits per heavy atom. The average molecular weight is 392 g/mol. The summed E-state index contributed by atoms with van der Waals surface area (Å²) in [5, 5.41) is 0. The molecule has 1 saturated heterocycles. The molecule has 0 aliphatic carbocycles. The summed E-state index contributed by atoms with van der Waals surface area (Å²) in [6, 6.07) is 18.2. The maximum Gasteiger partial charge on any atom is 0.327 e. The fourth-order valence-corrected chi connectivity index (χ4v) is 4.32. The molecule has 2 aliphatic rings. The van der Waals surface area contributed by atoms with E-state index in [0.717, 1.165) is 37.9 Å². The summed E-state index contributed by atoms with van der Waals surface area (Å²) >= 11 is 0. The Hall–Kier alpha value is -2.66. The highest BCUT2D eigenvalue weighted by atomic mass is 16.2. The molecule has 0 saturated carbocycles. The molecule has 0 bridgehead atoms. The first kappa shape index (κ1) is 19.6. The minimum atomic E-state index is -0.325. The van der Waals surface area contributed by atoms with Crippen molar-refractivity contribution in [3.63, 3.8) is 0 Å². The van der Waals surface area contributed by atoms with Crippen LogP contribution in [0.5, 0.6) is 0 Å². The predicted molar refractivity (Wildman–Crippen MR) is 113 cm³/mol. The molecule has 152 valence electrons. The van der Waals surface area contributed by atoms with E-state index in [1.54, 1.807) is 4.90 Å². The Kier molecular flexibility index (Phi) is 5.95. The van der Waals surface area contributed by atoms with Crippen molar-refractivity contribution in [3.8, 4) is 0 Å². The number of nitrogens with zero attached hydrogens (tertiary/aromatic N) is 3. The minimum Gasteiger partial charge on any atom is -0.308 e. The summed E-state index contributed by atoms with van der Waals surface area (Å²) in [5.74, 6) is -0.0398. The van der Waals surface area contributed by atoms with E-state index in [4.69, 9.17) is 0 Å². The lowest BCUT2D eigenvalue weighted by molar-refractivity contribution is -0.128. The van der Waals surface area contributed by atoms with E-state index in [1.807, 2.05) is 18.2 Å². The molecule has 1 fully saturated rings. The maximum absolute atomic E-state index is 12.8. The van der Waals surface area contributed by atoms with Crippen LogP contribution >= 0.6 is 0 Å². The van der Waals surface area contributed by atoms with Gasteiger partial charge < -0.3 is 9.80 Å². The highest BCUT2D eigenvalue weighted by Crippen LogP contribution is 2.29. The molecule has 2 aliphatic heterocycles. The van der Waals surface area contributed by atoms with Gasteiger partial charge in [-0.05, 0) is 49.5 Å². The second-order valence-corrected chi connectivity index (χ2v) is 8.13. The Labute approximate surface area is 172 Å². The second kappa shape index (κ2) is 8.78. The number of rotatable bonds is 8. The van der Waals surface area contributed by atoms with Crippen LogP contribution in [0.25, 0.3) is 0 Å². The van der Waals surface area contributed by atoms with Crippen molar-refractivity contribution in [3.05, 3.63) is 71.3 Å². The van der Waals surface area contributed by atoms with Gasteiger partial charge in [-0.1, -0.05) is 54.6 Å². The van der Waals surface area contributed by atoms with Gasteiger partial charge in [-0.25, -0.2) is 4.79 Å². The van der Waals surface area contributed by atoms with Crippen LogP contribution in [0.2, 0.25) is 0 Å². The van der Waals surface area contributed by atoms with Crippen LogP contribution in [0.1, 0.15) is 29.5 Å². The average Bonchev–Trinajstić information content (AvgIpc) is 2.98. The molecular weight excluding hydrogens is 362 g/mol. The van der Waals surface area contributed by atoms with Crippen molar-refractivity contribution in [2.75, 3.05) is 26.7 Å². The van der Waals surface area contributed by atoms with E-state index in [2.05, 4.69) is 48.3 Å². The van der Waals surface area contributed by atoms with Crippen LogP contribution in [-0.2, 0) is 24.2 Å². The normalized spacial score (nSPS) is 18.3. The third-order valence-corrected chi connectivity index (χ3v) is 6.08. The van der Waals surface area contributed by atoms with Gasteiger partial charge in [0.15, 0.2) is 0 Å². The lowest BCUT2D eigenvalue weighted by atomic mass is 9.95. The number of likely N-dealkylation sites (N-methyl/N-ethyl adjacent to an activating group) is 1. The molecule has 2 aromatic carbocycles. The van der Waals surface area contributed by atoms with E-state index in [0.29, 0.717) is 19.5 Å². The molecule has 2 aromatic rings. The van der Waals surface area contributed by atoms with Crippen LogP contribution in [0.4, 0.5) is 4.79 Å². The van der Waals surface area contributed by atoms with Crippen molar-refractivity contribution < 1.29 is 9.59 Å². The lowest BCUT2D eigenvalue weighted by Crippen LogP contribution is -2.40. The van der Waals surface area contributed by atoms with Crippen LogP contribution in [-0.4, -0.2) is 59.4 Å². The van der Waals surface area contributed by atoms with Crippen LogP contribution in [0.3, 0.4) is 0 Å². The molecule has 0 spiro atoms. The monoisotopic (exact) mass is 391 g/mol. The molecule has 0 aromatic heterocycles. The van der Waals surface area contributed by atoms with Crippen molar-refractivity contribution in [2.24, 2.45) is 0 Å². The number of benzene rings is 2. The number of aryl methyl sites for hydroxylation is 1. The van der Waals surface area contributed by atoms with Gasteiger partial charge in [0.05, 0.1) is 0 Å². The summed E-state index contributed by atoms with van der Waals surface area (Å²) < 4.78 is 0. The third kappa shape index (κ3) is 4.35. The number of carbonyl (C=O) groups is 2. The summed E-state index contributed by atoms with van der Waals surface area (Å²) in [6.45, 7) is 2.70. The topological polar surface area (TPSA) is 43.9 Å². The fraction of sp³-hybridized carbons (Fsp3) is 0.417. The summed E-state index contributed by atoms with van der Waals surface area (Å²) in [4.78, 5) is 31.1. The number of imide groups is 1. The number of urea groups is 1. The smallest absolute Gasteiger partial charge is 0.308 e. The van der Waals surface area contributed by atoms with Crippen LogP contribution in [0, 0.1) is 0 Å². The molecule has 5 nitrogen and oxygen atoms in total. The summed E-state index contributed by atoms with van der Waals surface area (Å²) in [5.41, 5.74) is 3.72. The zero-order valence-electron chi connectivity index (χ0n) is 17.1. The molecule has 0 radical (unpaired) electrons. The van der Waals surface area contributed by atoms with Crippen molar-refractivity contribution >= 4 is 11.9 Å². The van der Waals surface area contributed by atoms with E-state index < -0.39 is 0 Å². The van der Waals surface area contributed by atoms with E-state index in [-0.39, 0.29) is 18.0 Å². The molecule has 3 amide bonds. The van der Waals surface area contributed by atoms with Gasteiger partial charge in [-0.15, -0.1) is 0 Å². The molecule has 1 atom stereocenters. The number of amides is 3. The van der Waals surface area contributed by atoms with Gasteiger partial charge in [0, 0.05) is 26.1 Å². The zero-order chi connectivity index (χ0) is 20.2. The number of hydrogen-bond acceptors (Lipinski definition) is 3. The molecule has 0 unspecified atom stereocenters. The second-order valence-electron chi connectivity index (χ2n) is 8.13.